The Morgan fingerprint density at radius 1 is 1.38 bits per heavy atom. The molecule has 0 aromatic heterocycles. The summed E-state index contributed by atoms with van der Waals surface area (Å²) >= 11 is 0. The number of hydrogen-bond donors (Lipinski definition) is 0. The van der Waals surface area contributed by atoms with Crippen molar-refractivity contribution in [3.8, 4) is 0 Å². The van der Waals surface area contributed by atoms with Crippen molar-refractivity contribution in [1.29, 1.82) is 0 Å². The molecule has 1 aliphatic rings. The number of benzene rings is 1. The van der Waals surface area contributed by atoms with Crippen molar-refractivity contribution in [3.05, 3.63) is 35.4 Å². The standard InChI is InChI=1S/C13H14F2O/c1-9(16)11-4-2-3-5-12(11)10-6-7-13(14,15)8-10/h2-5,10H,6-8H2,1H3. The number of rotatable bonds is 2. The van der Waals surface area contributed by atoms with Crippen molar-refractivity contribution in [2.24, 2.45) is 0 Å². The Balaban J connectivity index is 2.31. The van der Waals surface area contributed by atoms with Gasteiger partial charge in [0.15, 0.2) is 5.78 Å². The van der Waals surface area contributed by atoms with Crippen LogP contribution < -0.4 is 0 Å². The van der Waals surface area contributed by atoms with Gasteiger partial charge in [0.25, 0.3) is 0 Å². The summed E-state index contributed by atoms with van der Waals surface area (Å²) in [7, 11) is 0. The van der Waals surface area contributed by atoms with Gasteiger partial charge in [-0.25, -0.2) is 8.78 Å². The smallest absolute Gasteiger partial charge is 0.248 e. The molecule has 2 rings (SSSR count). The van der Waals surface area contributed by atoms with E-state index in [0.29, 0.717) is 12.0 Å². The van der Waals surface area contributed by atoms with Gasteiger partial charge in [-0.05, 0) is 24.8 Å². The van der Waals surface area contributed by atoms with Crippen LogP contribution in [0.3, 0.4) is 0 Å². The van der Waals surface area contributed by atoms with Crippen molar-refractivity contribution in [2.45, 2.75) is 38.0 Å². The molecule has 1 fully saturated rings. The van der Waals surface area contributed by atoms with E-state index >= 15 is 0 Å². The fraction of sp³-hybridized carbons (Fsp3) is 0.462. The lowest BCUT2D eigenvalue weighted by molar-refractivity contribution is 0.00773. The van der Waals surface area contributed by atoms with E-state index in [-0.39, 0.29) is 24.5 Å². The zero-order chi connectivity index (χ0) is 11.8. The van der Waals surface area contributed by atoms with Gasteiger partial charge in [0.05, 0.1) is 0 Å². The van der Waals surface area contributed by atoms with Crippen LogP contribution in [0.15, 0.2) is 24.3 Å². The summed E-state index contributed by atoms with van der Waals surface area (Å²) in [5.41, 5.74) is 1.37. The van der Waals surface area contributed by atoms with Gasteiger partial charge < -0.3 is 0 Å². The minimum absolute atomic E-state index is 0.0502. The monoisotopic (exact) mass is 224 g/mol. The van der Waals surface area contributed by atoms with Crippen LogP contribution >= 0.6 is 0 Å². The molecule has 16 heavy (non-hydrogen) atoms. The topological polar surface area (TPSA) is 17.1 Å². The summed E-state index contributed by atoms with van der Waals surface area (Å²) in [5.74, 6) is -2.78. The van der Waals surface area contributed by atoms with Crippen molar-refractivity contribution in [2.75, 3.05) is 0 Å². The summed E-state index contributed by atoms with van der Waals surface area (Å²) in [6.07, 6.45) is 0.276. The van der Waals surface area contributed by atoms with Crippen molar-refractivity contribution in [3.63, 3.8) is 0 Å². The molecule has 0 heterocycles. The fourth-order valence-electron chi connectivity index (χ4n) is 2.39. The summed E-state index contributed by atoms with van der Waals surface area (Å²) in [5, 5.41) is 0. The Morgan fingerprint density at radius 3 is 2.62 bits per heavy atom. The molecule has 0 aliphatic heterocycles. The summed E-state index contributed by atoms with van der Waals surface area (Å²) in [6, 6.07) is 7.09. The normalized spacial score (nSPS) is 23.3. The maximum absolute atomic E-state index is 13.1. The molecule has 1 aromatic rings. The molecule has 1 nitrogen and oxygen atoms in total. The van der Waals surface area contributed by atoms with Gasteiger partial charge in [0.1, 0.15) is 0 Å². The lowest BCUT2D eigenvalue weighted by Gasteiger charge is -2.14. The van der Waals surface area contributed by atoms with Crippen molar-refractivity contribution < 1.29 is 13.6 Å². The lowest BCUT2D eigenvalue weighted by Crippen LogP contribution is -2.10. The minimum atomic E-state index is -2.56. The van der Waals surface area contributed by atoms with Crippen LogP contribution in [0.4, 0.5) is 8.78 Å². The van der Waals surface area contributed by atoms with Gasteiger partial charge in [-0.2, -0.15) is 0 Å². The van der Waals surface area contributed by atoms with Gasteiger partial charge in [-0.1, -0.05) is 24.3 Å². The predicted molar refractivity (Wildman–Crippen MR) is 58.0 cm³/mol. The molecule has 86 valence electrons. The van der Waals surface area contributed by atoms with Crippen LogP contribution in [0.25, 0.3) is 0 Å². The summed E-state index contributed by atoms with van der Waals surface area (Å²) < 4.78 is 26.3. The highest BCUT2D eigenvalue weighted by Gasteiger charge is 2.40. The molecule has 0 bridgehead atoms. The Labute approximate surface area is 93.5 Å². The third kappa shape index (κ3) is 2.13. The van der Waals surface area contributed by atoms with Crippen LogP contribution in [0.2, 0.25) is 0 Å². The average Bonchev–Trinajstić information content (AvgIpc) is 2.59. The van der Waals surface area contributed by atoms with Crippen LogP contribution in [0.5, 0.6) is 0 Å². The SMILES string of the molecule is CC(=O)c1ccccc1C1CCC(F)(F)C1. The van der Waals surface area contributed by atoms with Gasteiger partial charge in [-0.3, -0.25) is 4.79 Å². The van der Waals surface area contributed by atoms with E-state index in [1.165, 1.54) is 6.92 Å². The molecular weight excluding hydrogens is 210 g/mol. The Morgan fingerprint density at radius 2 is 2.06 bits per heavy atom. The molecule has 0 spiro atoms. The first-order chi connectivity index (χ1) is 7.49. The molecule has 1 unspecified atom stereocenters. The number of alkyl halides is 2. The molecule has 0 saturated heterocycles. The number of Topliss-reactive ketones (excluding diaryl/α,β-unsaturated/α-hetero) is 1. The van der Waals surface area contributed by atoms with E-state index in [2.05, 4.69) is 0 Å². The maximum Gasteiger partial charge on any atom is 0.248 e. The molecule has 1 aromatic carbocycles. The van der Waals surface area contributed by atoms with E-state index < -0.39 is 5.92 Å². The lowest BCUT2D eigenvalue weighted by atomic mass is 9.91. The summed E-state index contributed by atoms with van der Waals surface area (Å²) in [6.45, 7) is 1.48. The molecule has 1 aliphatic carbocycles. The van der Waals surface area contributed by atoms with Crippen LogP contribution in [-0.2, 0) is 0 Å². The van der Waals surface area contributed by atoms with Gasteiger partial charge >= 0.3 is 0 Å². The van der Waals surface area contributed by atoms with E-state index in [4.69, 9.17) is 0 Å². The first kappa shape index (κ1) is 11.2. The fourth-order valence-corrected chi connectivity index (χ4v) is 2.39. The van der Waals surface area contributed by atoms with Crippen molar-refractivity contribution >= 4 is 5.78 Å². The first-order valence-corrected chi connectivity index (χ1v) is 5.47. The molecule has 3 heteroatoms. The van der Waals surface area contributed by atoms with Crippen LogP contribution in [0, 0.1) is 0 Å². The molecular formula is C13H14F2O. The zero-order valence-corrected chi connectivity index (χ0v) is 9.17. The number of ketones is 1. The van der Waals surface area contributed by atoms with E-state index in [0.717, 1.165) is 5.56 Å². The second-order valence-electron chi connectivity index (χ2n) is 4.44. The Hall–Kier alpha value is -1.25. The average molecular weight is 224 g/mol. The summed E-state index contributed by atoms with van der Waals surface area (Å²) in [4.78, 5) is 11.4. The highest BCUT2D eigenvalue weighted by atomic mass is 19.3. The van der Waals surface area contributed by atoms with E-state index in [1.54, 1.807) is 24.3 Å². The quantitative estimate of drug-likeness (QED) is 0.698. The maximum atomic E-state index is 13.1. The van der Waals surface area contributed by atoms with E-state index in [9.17, 15) is 13.6 Å². The second-order valence-corrected chi connectivity index (χ2v) is 4.44. The van der Waals surface area contributed by atoms with Crippen LogP contribution in [0.1, 0.15) is 48.0 Å². The zero-order valence-electron chi connectivity index (χ0n) is 9.17. The number of carbonyl (C=O) groups excluding carboxylic acids is 1. The highest BCUT2D eigenvalue weighted by molar-refractivity contribution is 5.95. The second kappa shape index (κ2) is 3.96. The Bertz CT molecular complexity index is 412. The molecule has 0 amide bonds. The molecule has 1 atom stereocenters. The third-order valence-corrected chi connectivity index (χ3v) is 3.18. The largest absolute Gasteiger partial charge is 0.295 e. The Kier molecular flexibility index (Phi) is 2.78. The van der Waals surface area contributed by atoms with Gasteiger partial charge in [-0.15, -0.1) is 0 Å². The van der Waals surface area contributed by atoms with Crippen LogP contribution in [-0.4, -0.2) is 11.7 Å². The minimum Gasteiger partial charge on any atom is -0.295 e. The highest BCUT2D eigenvalue weighted by Crippen LogP contribution is 2.44. The number of hydrogen-bond acceptors (Lipinski definition) is 1. The van der Waals surface area contributed by atoms with E-state index in [1.807, 2.05) is 0 Å². The third-order valence-electron chi connectivity index (χ3n) is 3.18. The predicted octanol–water partition coefficient (Wildman–Crippen LogP) is 3.79. The van der Waals surface area contributed by atoms with Gasteiger partial charge in [0, 0.05) is 18.4 Å². The number of carbonyl (C=O) groups is 1. The molecule has 0 N–H and O–H groups in total. The first-order valence-electron chi connectivity index (χ1n) is 5.47. The number of halogens is 2. The van der Waals surface area contributed by atoms with Crippen molar-refractivity contribution in [1.82, 2.24) is 0 Å². The molecule has 1 saturated carbocycles. The molecule has 0 radical (unpaired) electrons. The van der Waals surface area contributed by atoms with Gasteiger partial charge in [0.2, 0.25) is 5.92 Å².